The van der Waals surface area contributed by atoms with Crippen molar-refractivity contribution in [3.05, 3.63) is 45.3 Å². The smallest absolute Gasteiger partial charge is 0.255 e. The Morgan fingerprint density at radius 1 is 1.33 bits per heavy atom. The van der Waals surface area contributed by atoms with Crippen LogP contribution in [0.5, 0.6) is 0 Å². The summed E-state index contributed by atoms with van der Waals surface area (Å²) < 4.78 is 10.8. The van der Waals surface area contributed by atoms with Crippen LogP contribution in [-0.4, -0.2) is 42.2 Å². The first-order valence-corrected chi connectivity index (χ1v) is 9.22. The molecule has 1 amide bonds. The maximum absolute atomic E-state index is 12.5. The van der Waals surface area contributed by atoms with E-state index in [2.05, 4.69) is 15.3 Å². The average molecular weight is 374 g/mol. The van der Waals surface area contributed by atoms with Crippen molar-refractivity contribution in [3.63, 3.8) is 0 Å². The molecule has 8 heteroatoms. The number of nitrogens with zero attached hydrogens (tertiary/aromatic N) is 2. The van der Waals surface area contributed by atoms with Gasteiger partial charge in [-0.05, 0) is 39.3 Å². The molecule has 1 aliphatic rings. The van der Waals surface area contributed by atoms with Crippen molar-refractivity contribution in [2.75, 3.05) is 31.2 Å². The fourth-order valence-corrected chi connectivity index (χ4v) is 3.12. The Kier molecular flexibility index (Phi) is 5.95. The van der Waals surface area contributed by atoms with Gasteiger partial charge in [0.05, 0.1) is 19.3 Å². The summed E-state index contributed by atoms with van der Waals surface area (Å²) >= 11 is 0. The third kappa shape index (κ3) is 4.77. The first-order valence-electron chi connectivity index (χ1n) is 9.22. The molecule has 2 N–H and O–H groups in total. The molecule has 146 valence electrons. The second kappa shape index (κ2) is 8.39. The highest BCUT2D eigenvalue weighted by atomic mass is 16.5. The van der Waals surface area contributed by atoms with E-state index in [4.69, 9.17) is 9.15 Å². The second-order valence-corrected chi connectivity index (χ2v) is 6.79. The lowest BCUT2D eigenvalue weighted by molar-refractivity contribution is -0.121. The van der Waals surface area contributed by atoms with E-state index in [1.165, 1.54) is 0 Å². The number of furan rings is 1. The van der Waals surface area contributed by atoms with Gasteiger partial charge in [0, 0.05) is 30.8 Å². The van der Waals surface area contributed by atoms with Gasteiger partial charge < -0.3 is 19.4 Å². The van der Waals surface area contributed by atoms with Gasteiger partial charge in [0.2, 0.25) is 11.9 Å². The number of aryl methyl sites for hydroxylation is 2. The summed E-state index contributed by atoms with van der Waals surface area (Å²) in [5.74, 6) is 1.95. The van der Waals surface area contributed by atoms with Gasteiger partial charge >= 0.3 is 0 Å². The zero-order chi connectivity index (χ0) is 19.4. The summed E-state index contributed by atoms with van der Waals surface area (Å²) in [6, 6.07) is 3.50. The fourth-order valence-electron chi connectivity index (χ4n) is 3.12. The molecule has 3 rings (SSSR count). The number of rotatable bonds is 6. The molecule has 0 spiro atoms. The Bertz CT molecular complexity index is 852. The summed E-state index contributed by atoms with van der Waals surface area (Å²) in [5, 5.41) is 2.89. The van der Waals surface area contributed by atoms with Gasteiger partial charge in [0.15, 0.2) is 0 Å². The molecular weight excluding hydrogens is 348 g/mol. The van der Waals surface area contributed by atoms with E-state index in [0.29, 0.717) is 55.7 Å². The van der Waals surface area contributed by atoms with Crippen LogP contribution in [0.25, 0.3) is 0 Å². The van der Waals surface area contributed by atoms with Gasteiger partial charge in [0.1, 0.15) is 11.5 Å². The predicted octanol–water partition coefficient (Wildman–Crippen LogP) is 1.63. The SMILES string of the molecule is Cc1ccc(C(C)NC(=O)CCc2c(C)nc(N3CCOCC3)[nH]c2=O)o1. The maximum Gasteiger partial charge on any atom is 0.255 e. The van der Waals surface area contributed by atoms with Crippen LogP contribution in [0.15, 0.2) is 21.3 Å². The average Bonchev–Trinajstić information content (AvgIpc) is 3.08. The third-order valence-electron chi connectivity index (χ3n) is 4.69. The number of carbonyl (C=O) groups excluding carboxylic acids is 1. The van der Waals surface area contributed by atoms with Crippen LogP contribution in [0.4, 0.5) is 5.95 Å². The molecule has 0 radical (unpaired) electrons. The van der Waals surface area contributed by atoms with E-state index in [9.17, 15) is 9.59 Å². The quantitative estimate of drug-likeness (QED) is 0.797. The van der Waals surface area contributed by atoms with E-state index >= 15 is 0 Å². The van der Waals surface area contributed by atoms with E-state index in [-0.39, 0.29) is 23.9 Å². The molecule has 3 heterocycles. The number of carbonyl (C=O) groups is 1. The molecule has 1 aliphatic heterocycles. The van der Waals surface area contributed by atoms with E-state index in [1.807, 2.05) is 30.9 Å². The number of nitrogens with one attached hydrogen (secondary N) is 2. The predicted molar refractivity (Wildman–Crippen MR) is 101 cm³/mol. The van der Waals surface area contributed by atoms with Crippen molar-refractivity contribution >= 4 is 11.9 Å². The summed E-state index contributed by atoms with van der Waals surface area (Å²) in [6.07, 6.45) is 0.555. The molecule has 8 nitrogen and oxygen atoms in total. The van der Waals surface area contributed by atoms with Crippen molar-refractivity contribution in [1.82, 2.24) is 15.3 Å². The van der Waals surface area contributed by atoms with Crippen molar-refractivity contribution in [2.45, 2.75) is 39.7 Å². The number of hydrogen-bond donors (Lipinski definition) is 2. The van der Waals surface area contributed by atoms with Gasteiger partial charge in [-0.15, -0.1) is 0 Å². The zero-order valence-corrected chi connectivity index (χ0v) is 16.0. The number of morpholine rings is 1. The van der Waals surface area contributed by atoms with Crippen molar-refractivity contribution in [3.8, 4) is 0 Å². The molecule has 0 aliphatic carbocycles. The maximum atomic E-state index is 12.5. The van der Waals surface area contributed by atoms with Crippen molar-refractivity contribution < 1.29 is 13.9 Å². The fraction of sp³-hybridized carbons (Fsp3) is 0.526. The second-order valence-electron chi connectivity index (χ2n) is 6.79. The Morgan fingerprint density at radius 2 is 2.07 bits per heavy atom. The standard InChI is InChI=1S/C19H26N4O4/c1-12-4-6-16(27-12)14(3)20-17(24)7-5-15-13(2)21-19(22-18(15)25)23-8-10-26-11-9-23/h4,6,14H,5,7-11H2,1-3H3,(H,20,24)(H,21,22,25). The molecule has 27 heavy (non-hydrogen) atoms. The monoisotopic (exact) mass is 374 g/mol. The Morgan fingerprint density at radius 3 is 2.70 bits per heavy atom. The molecule has 1 atom stereocenters. The minimum Gasteiger partial charge on any atom is -0.464 e. The summed E-state index contributed by atoms with van der Waals surface area (Å²) in [4.78, 5) is 34.1. The highest BCUT2D eigenvalue weighted by molar-refractivity contribution is 5.76. The molecule has 1 saturated heterocycles. The molecular formula is C19H26N4O4. The number of anilines is 1. The topological polar surface area (TPSA) is 100 Å². The first kappa shape index (κ1) is 19.2. The van der Waals surface area contributed by atoms with E-state index in [0.717, 1.165) is 5.76 Å². The number of amides is 1. The minimum absolute atomic E-state index is 0.132. The molecule has 1 unspecified atom stereocenters. The van der Waals surface area contributed by atoms with Gasteiger partial charge in [-0.1, -0.05) is 0 Å². The van der Waals surface area contributed by atoms with Gasteiger partial charge in [-0.25, -0.2) is 4.98 Å². The Hall–Kier alpha value is -2.61. The van der Waals surface area contributed by atoms with Crippen LogP contribution in [0, 0.1) is 13.8 Å². The van der Waals surface area contributed by atoms with E-state index in [1.54, 1.807) is 6.92 Å². The molecule has 2 aromatic heterocycles. The van der Waals surface area contributed by atoms with E-state index < -0.39 is 0 Å². The van der Waals surface area contributed by atoms with Gasteiger partial charge in [-0.3, -0.25) is 14.6 Å². The molecule has 0 aromatic carbocycles. The summed E-state index contributed by atoms with van der Waals surface area (Å²) in [7, 11) is 0. The molecule has 2 aromatic rings. The molecule has 1 fully saturated rings. The minimum atomic E-state index is -0.215. The Balaban J connectivity index is 1.60. The molecule has 0 bridgehead atoms. The normalized spacial score (nSPS) is 15.6. The number of H-pyrrole nitrogens is 1. The highest BCUT2D eigenvalue weighted by Gasteiger charge is 2.18. The number of aromatic amines is 1. The van der Waals surface area contributed by atoms with Crippen LogP contribution in [0.2, 0.25) is 0 Å². The summed E-state index contributed by atoms with van der Waals surface area (Å²) in [6.45, 7) is 8.19. The lowest BCUT2D eigenvalue weighted by Crippen LogP contribution is -2.38. The first-order chi connectivity index (χ1) is 12.9. The Labute approximate surface area is 157 Å². The summed E-state index contributed by atoms with van der Waals surface area (Å²) in [5.41, 5.74) is 1.01. The van der Waals surface area contributed by atoms with Crippen LogP contribution in [0.1, 0.15) is 42.2 Å². The molecule has 0 saturated carbocycles. The van der Waals surface area contributed by atoms with Gasteiger partial charge in [-0.2, -0.15) is 0 Å². The van der Waals surface area contributed by atoms with Crippen LogP contribution >= 0.6 is 0 Å². The van der Waals surface area contributed by atoms with Crippen molar-refractivity contribution in [1.29, 1.82) is 0 Å². The number of ether oxygens (including phenoxy) is 1. The number of hydrogen-bond acceptors (Lipinski definition) is 6. The highest BCUT2D eigenvalue weighted by Crippen LogP contribution is 2.16. The lowest BCUT2D eigenvalue weighted by atomic mass is 10.1. The zero-order valence-electron chi connectivity index (χ0n) is 16.0. The van der Waals surface area contributed by atoms with Crippen LogP contribution < -0.4 is 15.8 Å². The van der Waals surface area contributed by atoms with Crippen LogP contribution in [0.3, 0.4) is 0 Å². The largest absolute Gasteiger partial charge is 0.464 e. The van der Waals surface area contributed by atoms with Crippen LogP contribution in [-0.2, 0) is 16.0 Å². The third-order valence-corrected chi connectivity index (χ3v) is 4.69. The lowest BCUT2D eigenvalue weighted by Gasteiger charge is -2.27. The van der Waals surface area contributed by atoms with Gasteiger partial charge in [0.25, 0.3) is 5.56 Å². The van der Waals surface area contributed by atoms with Crippen molar-refractivity contribution in [2.24, 2.45) is 0 Å². The number of aromatic nitrogens is 2.